The van der Waals surface area contributed by atoms with Crippen LogP contribution in [0.15, 0.2) is 48.5 Å². The number of carbonyl (C=O) groups excluding carboxylic acids is 2. The average molecular weight is 512 g/mol. The Balaban J connectivity index is 2.04. The highest BCUT2D eigenvalue weighted by Crippen LogP contribution is 2.17. The first-order chi connectivity index (χ1) is 16.2. The molecule has 6 nitrogen and oxygen atoms in total. The van der Waals surface area contributed by atoms with Crippen LogP contribution in [0.25, 0.3) is 0 Å². The Morgan fingerprint density at radius 2 is 1.50 bits per heavy atom. The van der Waals surface area contributed by atoms with Gasteiger partial charge in [0, 0.05) is 37.0 Å². The largest absolute Gasteiger partial charge is 0.461 e. The summed E-state index contributed by atoms with van der Waals surface area (Å²) in [4.78, 5) is 27.5. The first-order valence-electron chi connectivity index (χ1n) is 11.2. The van der Waals surface area contributed by atoms with Crippen molar-refractivity contribution >= 4 is 40.8 Å². The van der Waals surface area contributed by atoms with Crippen LogP contribution in [0.2, 0.25) is 0 Å². The number of ether oxygens (including phenoxy) is 1. The van der Waals surface area contributed by atoms with Crippen molar-refractivity contribution in [2.75, 3.05) is 29.7 Å². The number of benzene rings is 2. The molecule has 2 aromatic carbocycles. The Hall–Kier alpha value is -2.35. The first kappa shape index (κ1) is 27.9. The number of nitrogens with two attached hydrogens (primary N) is 1. The Bertz CT molecular complexity index is 905. The molecule has 0 unspecified atom stereocenters. The molecule has 0 aromatic heterocycles. The Morgan fingerprint density at radius 1 is 0.971 bits per heavy atom. The number of carbonyl (C=O) groups is 2. The molecular formula is C25H32Cl2FN3O3. The first-order valence-corrected chi connectivity index (χ1v) is 12.3. The topological polar surface area (TPSA) is 84.7 Å². The van der Waals surface area contributed by atoms with Crippen molar-refractivity contribution in [3.05, 3.63) is 65.5 Å². The number of esters is 1. The molecule has 0 aliphatic rings. The van der Waals surface area contributed by atoms with Gasteiger partial charge in [0.15, 0.2) is 0 Å². The van der Waals surface area contributed by atoms with E-state index in [2.05, 4.69) is 10.2 Å². The van der Waals surface area contributed by atoms with Crippen LogP contribution >= 0.6 is 23.2 Å². The standard InChI is InChI=1S/C25H32Cl2FN3O3/c1-17(2)34-25(33)23(16-19-3-7-20(28)8-4-19)30-24(32)22(29)15-18-5-9-21(10-6-18)31(13-11-26)14-12-27/h3-10,17,22-23H,11-16,29H2,1-2H3,(H,30,32)/t22-,23-/m0/s1. The van der Waals surface area contributed by atoms with Gasteiger partial charge in [-0.2, -0.15) is 0 Å². The van der Waals surface area contributed by atoms with Gasteiger partial charge in [0.05, 0.1) is 12.1 Å². The van der Waals surface area contributed by atoms with Crippen LogP contribution in [-0.4, -0.2) is 54.9 Å². The Morgan fingerprint density at radius 3 is 2.03 bits per heavy atom. The number of alkyl halides is 2. The van der Waals surface area contributed by atoms with Crippen LogP contribution in [0, 0.1) is 5.82 Å². The van der Waals surface area contributed by atoms with E-state index in [4.69, 9.17) is 33.7 Å². The molecule has 3 N–H and O–H groups in total. The molecule has 186 valence electrons. The van der Waals surface area contributed by atoms with Gasteiger partial charge in [-0.3, -0.25) is 4.79 Å². The predicted molar refractivity (Wildman–Crippen MR) is 135 cm³/mol. The van der Waals surface area contributed by atoms with Gasteiger partial charge >= 0.3 is 5.97 Å². The fourth-order valence-electron chi connectivity index (χ4n) is 3.41. The third-order valence-electron chi connectivity index (χ3n) is 5.11. The molecule has 9 heteroatoms. The molecule has 0 spiro atoms. The summed E-state index contributed by atoms with van der Waals surface area (Å²) in [5.41, 5.74) is 8.70. The number of rotatable bonds is 13. The lowest BCUT2D eigenvalue weighted by atomic mass is 10.0. The fourth-order valence-corrected chi connectivity index (χ4v) is 3.81. The number of amides is 1. The molecule has 34 heavy (non-hydrogen) atoms. The van der Waals surface area contributed by atoms with E-state index in [1.54, 1.807) is 26.0 Å². The average Bonchev–Trinajstić information content (AvgIpc) is 2.80. The summed E-state index contributed by atoms with van der Waals surface area (Å²) in [6.07, 6.45) is 0.111. The third kappa shape index (κ3) is 9.12. The van der Waals surface area contributed by atoms with E-state index in [1.807, 2.05) is 24.3 Å². The maximum Gasteiger partial charge on any atom is 0.329 e. The Kier molecular flexibility index (Phi) is 11.6. The lowest BCUT2D eigenvalue weighted by Crippen LogP contribution is -2.50. The summed E-state index contributed by atoms with van der Waals surface area (Å²) in [5.74, 6) is -0.439. The second-order valence-corrected chi connectivity index (χ2v) is 8.98. The van der Waals surface area contributed by atoms with Gasteiger partial charge in [-0.05, 0) is 55.7 Å². The van der Waals surface area contributed by atoms with Gasteiger partial charge in [0.1, 0.15) is 11.9 Å². The summed E-state index contributed by atoms with van der Waals surface area (Å²) in [7, 11) is 0. The van der Waals surface area contributed by atoms with E-state index in [0.29, 0.717) is 36.8 Å². The number of halogens is 3. The van der Waals surface area contributed by atoms with Gasteiger partial charge in [0.25, 0.3) is 0 Å². The molecule has 2 aromatic rings. The molecular weight excluding hydrogens is 480 g/mol. The van der Waals surface area contributed by atoms with E-state index in [-0.39, 0.29) is 18.3 Å². The molecule has 0 fully saturated rings. The van der Waals surface area contributed by atoms with Gasteiger partial charge in [-0.15, -0.1) is 23.2 Å². The van der Waals surface area contributed by atoms with Crippen LogP contribution < -0.4 is 16.0 Å². The smallest absolute Gasteiger partial charge is 0.329 e. The second kappa shape index (κ2) is 14.1. The minimum atomic E-state index is -0.937. The van der Waals surface area contributed by atoms with Crippen molar-refractivity contribution in [2.45, 2.75) is 44.9 Å². The fraction of sp³-hybridized carbons (Fsp3) is 0.440. The third-order valence-corrected chi connectivity index (χ3v) is 5.45. The van der Waals surface area contributed by atoms with E-state index in [9.17, 15) is 14.0 Å². The summed E-state index contributed by atoms with van der Waals surface area (Å²) in [6, 6.07) is 11.6. The lowest BCUT2D eigenvalue weighted by Gasteiger charge is -2.23. The zero-order valence-corrected chi connectivity index (χ0v) is 21.0. The lowest BCUT2D eigenvalue weighted by molar-refractivity contribution is -0.151. The number of hydrogen-bond donors (Lipinski definition) is 2. The normalized spacial score (nSPS) is 12.8. The van der Waals surface area contributed by atoms with Crippen LogP contribution in [0.3, 0.4) is 0 Å². The zero-order valence-electron chi connectivity index (χ0n) is 19.5. The molecule has 0 saturated heterocycles. The molecule has 0 heterocycles. The van der Waals surface area contributed by atoms with E-state index < -0.39 is 24.0 Å². The highest BCUT2D eigenvalue weighted by molar-refractivity contribution is 6.18. The highest BCUT2D eigenvalue weighted by atomic mass is 35.5. The van der Waals surface area contributed by atoms with Gasteiger partial charge in [0.2, 0.25) is 5.91 Å². The monoisotopic (exact) mass is 511 g/mol. The van der Waals surface area contributed by atoms with E-state index in [1.165, 1.54) is 12.1 Å². The molecule has 2 rings (SSSR count). The van der Waals surface area contributed by atoms with Crippen LogP contribution in [0.4, 0.5) is 10.1 Å². The van der Waals surface area contributed by atoms with Crippen molar-refractivity contribution < 1.29 is 18.7 Å². The number of nitrogens with zero attached hydrogens (tertiary/aromatic N) is 1. The summed E-state index contributed by atoms with van der Waals surface area (Å²) < 4.78 is 18.5. The van der Waals surface area contributed by atoms with Crippen LogP contribution in [-0.2, 0) is 27.2 Å². The van der Waals surface area contributed by atoms with Crippen molar-refractivity contribution in [3.8, 4) is 0 Å². The molecule has 0 radical (unpaired) electrons. The van der Waals surface area contributed by atoms with Crippen LogP contribution in [0.1, 0.15) is 25.0 Å². The van der Waals surface area contributed by atoms with E-state index in [0.717, 1.165) is 11.3 Å². The number of nitrogens with one attached hydrogen (secondary N) is 1. The maximum absolute atomic E-state index is 13.2. The molecule has 2 atom stereocenters. The molecule has 0 aliphatic heterocycles. The quantitative estimate of drug-likeness (QED) is 0.316. The molecule has 0 bridgehead atoms. The minimum Gasteiger partial charge on any atom is -0.461 e. The van der Waals surface area contributed by atoms with E-state index >= 15 is 0 Å². The van der Waals surface area contributed by atoms with Crippen molar-refractivity contribution in [1.29, 1.82) is 0 Å². The maximum atomic E-state index is 13.2. The van der Waals surface area contributed by atoms with Crippen molar-refractivity contribution in [3.63, 3.8) is 0 Å². The van der Waals surface area contributed by atoms with Crippen molar-refractivity contribution in [2.24, 2.45) is 5.73 Å². The summed E-state index contributed by atoms with van der Waals surface area (Å²) >= 11 is 11.7. The minimum absolute atomic E-state index is 0.163. The SMILES string of the molecule is CC(C)OC(=O)[C@H](Cc1ccc(F)cc1)NC(=O)[C@@H](N)Cc1ccc(N(CCCl)CCCl)cc1. The van der Waals surface area contributed by atoms with Gasteiger partial charge in [-0.25, -0.2) is 9.18 Å². The predicted octanol–water partition coefficient (Wildman–Crippen LogP) is 3.66. The molecule has 1 amide bonds. The summed E-state index contributed by atoms with van der Waals surface area (Å²) in [6.45, 7) is 4.81. The summed E-state index contributed by atoms with van der Waals surface area (Å²) in [5, 5.41) is 2.70. The van der Waals surface area contributed by atoms with Gasteiger partial charge in [-0.1, -0.05) is 24.3 Å². The Labute approximate surface area is 210 Å². The number of anilines is 1. The van der Waals surface area contributed by atoms with Gasteiger partial charge < -0.3 is 20.7 Å². The van der Waals surface area contributed by atoms with Crippen molar-refractivity contribution in [1.82, 2.24) is 5.32 Å². The molecule has 0 saturated carbocycles. The second-order valence-electron chi connectivity index (χ2n) is 8.22. The highest BCUT2D eigenvalue weighted by Gasteiger charge is 2.26. The molecule has 0 aliphatic carbocycles. The van der Waals surface area contributed by atoms with Crippen LogP contribution in [0.5, 0.6) is 0 Å². The number of hydrogen-bond acceptors (Lipinski definition) is 5. The zero-order chi connectivity index (χ0) is 25.1.